The van der Waals surface area contributed by atoms with Crippen molar-refractivity contribution in [1.82, 2.24) is 15.0 Å². The maximum absolute atomic E-state index is 6.37. The van der Waals surface area contributed by atoms with Gasteiger partial charge in [0.25, 0.3) is 0 Å². The standard InChI is InChI=1S/C16H20ClN5O/c1-10-14(18)16(9-23-10)4-6-22(7-5-16)15-19-8-12-11(21-15)2-3-13(17)20-12/h2-3,8,10,14H,4-7,9,18H2,1H3/t10-,14+/m0/s1. The van der Waals surface area contributed by atoms with E-state index in [9.17, 15) is 0 Å². The lowest BCUT2D eigenvalue weighted by molar-refractivity contribution is 0.0973. The molecule has 7 heteroatoms. The highest BCUT2D eigenvalue weighted by Crippen LogP contribution is 2.41. The predicted octanol–water partition coefficient (Wildman–Crippen LogP) is 2.01. The molecule has 0 unspecified atom stereocenters. The first-order chi connectivity index (χ1) is 11.1. The number of ether oxygens (including phenoxy) is 1. The Morgan fingerprint density at radius 1 is 1.26 bits per heavy atom. The Labute approximate surface area is 140 Å². The van der Waals surface area contributed by atoms with Gasteiger partial charge in [-0.1, -0.05) is 11.6 Å². The minimum atomic E-state index is 0.113. The molecule has 6 nitrogen and oxygen atoms in total. The van der Waals surface area contributed by atoms with E-state index in [1.165, 1.54) is 0 Å². The fraction of sp³-hybridized carbons (Fsp3) is 0.562. The molecule has 2 aliphatic heterocycles. The minimum absolute atomic E-state index is 0.113. The molecule has 2 atom stereocenters. The predicted molar refractivity (Wildman–Crippen MR) is 89.6 cm³/mol. The average Bonchev–Trinajstić information content (AvgIpc) is 2.84. The summed E-state index contributed by atoms with van der Waals surface area (Å²) in [6, 6.07) is 3.75. The number of hydrogen-bond acceptors (Lipinski definition) is 6. The quantitative estimate of drug-likeness (QED) is 0.804. The van der Waals surface area contributed by atoms with Crippen molar-refractivity contribution in [3.05, 3.63) is 23.5 Å². The van der Waals surface area contributed by atoms with Crippen molar-refractivity contribution >= 4 is 28.6 Å². The van der Waals surface area contributed by atoms with Crippen molar-refractivity contribution in [2.75, 3.05) is 24.6 Å². The van der Waals surface area contributed by atoms with Gasteiger partial charge in [-0.2, -0.15) is 0 Å². The van der Waals surface area contributed by atoms with Crippen molar-refractivity contribution in [3.63, 3.8) is 0 Å². The van der Waals surface area contributed by atoms with E-state index in [1.807, 2.05) is 6.07 Å². The molecule has 0 radical (unpaired) electrons. The normalized spacial score (nSPS) is 27.0. The summed E-state index contributed by atoms with van der Waals surface area (Å²) in [7, 11) is 0. The average molecular weight is 334 g/mol. The van der Waals surface area contributed by atoms with Crippen LogP contribution in [-0.2, 0) is 4.74 Å². The number of aromatic nitrogens is 3. The molecule has 2 aliphatic rings. The lowest BCUT2D eigenvalue weighted by Gasteiger charge is -2.41. The molecule has 0 saturated carbocycles. The van der Waals surface area contributed by atoms with Crippen LogP contribution in [0.1, 0.15) is 19.8 Å². The fourth-order valence-corrected chi connectivity index (χ4v) is 3.82. The molecule has 122 valence electrons. The number of halogens is 1. The van der Waals surface area contributed by atoms with Crippen molar-refractivity contribution in [3.8, 4) is 0 Å². The summed E-state index contributed by atoms with van der Waals surface area (Å²) < 4.78 is 5.77. The van der Waals surface area contributed by atoms with E-state index < -0.39 is 0 Å². The number of nitrogens with two attached hydrogens (primary N) is 1. The molecule has 0 bridgehead atoms. The molecular weight excluding hydrogens is 314 g/mol. The number of fused-ring (bicyclic) bond motifs is 1. The molecule has 4 rings (SSSR count). The molecule has 2 aromatic rings. The first-order valence-corrected chi connectivity index (χ1v) is 8.37. The van der Waals surface area contributed by atoms with Crippen LogP contribution in [0.15, 0.2) is 18.3 Å². The van der Waals surface area contributed by atoms with Crippen LogP contribution in [0.4, 0.5) is 5.95 Å². The molecule has 0 aromatic carbocycles. The highest BCUT2D eigenvalue weighted by molar-refractivity contribution is 6.29. The zero-order valence-electron chi connectivity index (χ0n) is 13.1. The minimum Gasteiger partial charge on any atom is -0.376 e. The van der Waals surface area contributed by atoms with Gasteiger partial charge in [0, 0.05) is 24.5 Å². The first kappa shape index (κ1) is 15.1. The van der Waals surface area contributed by atoms with Crippen LogP contribution in [0.3, 0.4) is 0 Å². The second-order valence-electron chi connectivity index (χ2n) is 6.60. The van der Waals surface area contributed by atoms with E-state index in [-0.39, 0.29) is 17.6 Å². The highest BCUT2D eigenvalue weighted by atomic mass is 35.5. The number of nitrogens with zero attached hydrogens (tertiary/aromatic N) is 4. The van der Waals surface area contributed by atoms with E-state index in [4.69, 9.17) is 22.1 Å². The Bertz CT molecular complexity index is 731. The Morgan fingerprint density at radius 2 is 2.04 bits per heavy atom. The van der Waals surface area contributed by atoms with Gasteiger partial charge >= 0.3 is 0 Å². The van der Waals surface area contributed by atoms with Gasteiger partial charge in [-0.05, 0) is 31.9 Å². The number of piperidine rings is 1. The zero-order chi connectivity index (χ0) is 16.0. The third-order valence-corrected chi connectivity index (χ3v) is 5.49. The Hall–Kier alpha value is -1.50. The summed E-state index contributed by atoms with van der Waals surface area (Å²) >= 11 is 5.90. The summed E-state index contributed by atoms with van der Waals surface area (Å²) in [4.78, 5) is 15.5. The van der Waals surface area contributed by atoms with E-state index in [2.05, 4.69) is 26.8 Å². The molecule has 2 fully saturated rings. The van der Waals surface area contributed by atoms with Crippen molar-refractivity contribution < 1.29 is 4.74 Å². The van der Waals surface area contributed by atoms with Crippen LogP contribution in [-0.4, -0.2) is 46.8 Å². The van der Waals surface area contributed by atoms with E-state index in [0.717, 1.165) is 49.5 Å². The summed E-state index contributed by atoms with van der Waals surface area (Å²) in [6.07, 6.45) is 3.91. The van der Waals surface area contributed by atoms with E-state index >= 15 is 0 Å². The maximum Gasteiger partial charge on any atom is 0.225 e. The smallest absolute Gasteiger partial charge is 0.225 e. The van der Waals surface area contributed by atoms with Gasteiger partial charge in [0.05, 0.1) is 24.4 Å². The van der Waals surface area contributed by atoms with Crippen molar-refractivity contribution in [1.29, 1.82) is 0 Å². The third-order valence-electron chi connectivity index (χ3n) is 5.28. The van der Waals surface area contributed by atoms with Gasteiger partial charge in [0.1, 0.15) is 10.7 Å². The molecule has 2 saturated heterocycles. The van der Waals surface area contributed by atoms with Gasteiger partial charge in [0.15, 0.2) is 0 Å². The van der Waals surface area contributed by atoms with Crippen LogP contribution < -0.4 is 10.6 Å². The molecule has 2 aromatic heterocycles. The van der Waals surface area contributed by atoms with Gasteiger partial charge < -0.3 is 15.4 Å². The first-order valence-electron chi connectivity index (χ1n) is 7.99. The number of rotatable bonds is 1. The SMILES string of the molecule is C[C@@H]1OCC2(CCN(c3ncc4nc(Cl)ccc4n3)CC2)[C@@H]1N. The van der Waals surface area contributed by atoms with Gasteiger partial charge in [-0.15, -0.1) is 0 Å². The molecule has 2 N–H and O–H groups in total. The van der Waals surface area contributed by atoms with E-state index in [0.29, 0.717) is 5.15 Å². The van der Waals surface area contributed by atoms with Crippen LogP contribution in [0.5, 0.6) is 0 Å². The molecule has 1 spiro atoms. The van der Waals surface area contributed by atoms with Crippen molar-refractivity contribution in [2.24, 2.45) is 11.1 Å². The fourth-order valence-electron chi connectivity index (χ4n) is 3.66. The summed E-state index contributed by atoms with van der Waals surface area (Å²) in [5.41, 5.74) is 8.01. The second kappa shape index (κ2) is 5.54. The molecule has 23 heavy (non-hydrogen) atoms. The Balaban J connectivity index is 1.53. The lowest BCUT2D eigenvalue weighted by atomic mass is 9.73. The zero-order valence-corrected chi connectivity index (χ0v) is 13.8. The number of anilines is 1. The van der Waals surface area contributed by atoms with Crippen molar-refractivity contribution in [2.45, 2.75) is 31.9 Å². The van der Waals surface area contributed by atoms with Gasteiger partial charge in [-0.25, -0.2) is 15.0 Å². The topological polar surface area (TPSA) is 77.2 Å². The summed E-state index contributed by atoms with van der Waals surface area (Å²) in [6.45, 7) is 4.63. The molecular formula is C16H20ClN5O. The Kier molecular flexibility index (Phi) is 3.63. The van der Waals surface area contributed by atoms with Gasteiger partial charge in [-0.3, -0.25) is 0 Å². The molecule has 0 aliphatic carbocycles. The molecule has 0 amide bonds. The van der Waals surface area contributed by atoms with Crippen LogP contribution in [0.25, 0.3) is 11.0 Å². The summed E-state index contributed by atoms with van der Waals surface area (Å²) in [5.74, 6) is 0.747. The Morgan fingerprint density at radius 3 is 2.74 bits per heavy atom. The number of pyridine rings is 1. The third kappa shape index (κ3) is 2.55. The van der Waals surface area contributed by atoms with Gasteiger partial charge in [0.2, 0.25) is 5.95 Å². The lowest BCUT2D eigenvalue weighted by Crippen LogP contribution is -2.50. The largest absolute Gasteiger partial charge is 0.376 e. The second-order valence-corrected chi connectivity index (χ2v) is 6.99. The van der Waals surface area contributed by atoms with Crippen LogP contribution in [0.2, 0.25) is 5.15 Å². The number of hydrogen-bond donors (Lipinski definition) is 1. The monoisotopic (exact) mass is 333 g/mol. The van der Waals surface area contributed by atoms with Crippen LogP contribution >= 0.6 is 11.6 Å². The summed E-state index contributed by atoms with van der Waals surface area (Å²) in [5, 5.41) is 0.457. The highest BCUT2D eigenvalue weighted by Gasteiger charge is 2.47. The maximum atomic E-state index is 6.37. The van der Waals surface area contributed by atoms with E-state index in [1.54, 1.807) is 12.3 Å². The molecule has 4 heterocycles. The van der Waals surface area contributed by atoms with Crippen LogP contribution in [0, 0.1) is 5.41 Å².